The fourth-order valence-corrected chi connectivity index (χ4v) is 3.64. The first-order valence-electron chi connectivity index (χ1n) is 8.11. The lowest BCUT2D eigenvalue weighted by Gasteiger charge is -2.09. The van der Waals surface area contributed by atoms with Crippen molar-refractivity contribution in [3.63, 3.8) is 0 Å². The molecule has 29 heavy (non-hydrogen) atoms. The molecule has 2 heterocycles. The fourth-order valence-electron chi connectivity index (χ4n) is 2.58. The van der Waals surface area contributed by atoms with Crippen LogP contribution in [-0.4, -0.2) is 15.7 Å². The third kappa shape index (κ3) is 4.97. The molecule has 0 atom stereocenters. The molecule has 2 aromatic heterocycles. The fraction of sp³-hybridized carbons (Fsp3) is 0.222. The Bertz CT molecular complexity index is 1030. The molecule has 0 unspecified atom stereocenters. The highest BCUT2D eigenvalue weighted by atomic mass is 32.1. The second kappa shape index (κ2) is 7.54. The number of amides is 1. The Kier molecular flexibility index (Phi) is 5.44. The van der Waals surface area contributed by atoms with E-state index in [-0.39, 0.29) is 17.8 Å². The van der Waals surface area contributed by atoms with Gasteiger partial charge < -0.3 is 5.32 Å². The predicted octanol–water partition coefficient (Wildman–Crippen LogP) is 5.37. The number of nitrogens with one attached hydrogen (secondary N) is 1. The summed E-state index contributed by atoms with van der Waals surface area (Å²) in [5.74, 6) is -0.543. The maximum absolute atomic E-state index is 12.8. The minimum atomic E-state index is -4.57. The summed E-state index contributed by atoms with van der Waals surface area (Å²) in [7, 11) is 1.38. The summed E-state index contributed by atoms with van der Waals surface area (Å²) < 4.78 is 77.7. The van der Waals surface area contributed by atoms with E-state index in [0.717, 1.165) is 34.2 Å². The maximum Gasteiger partial charge on any atom is 0.435 e. The number of aromatic nitrogens is 2. The average molecular weight is 433 g/mol. The van der Waals surface area contributed by atoms with E-state index in [1.165, 1.54) is 19.2 Å². The molecule has 1 amide bonds. The van der Waals surface area contributed by atoms with Crippen LogP contribution in [0.3, 0.4) is 0 Å². The van der Waals surface area contributed by atoms with Gasteiger partial charge in [0.15, 0.2) is 5.69 Å². The van der Waals surface area contributed by atoms with Crippen molar-refractivity contribution in [1.82, 2.24) is 9.78 Å². The van der Waals surface area contributed by atoms with Gasteiger partial charge >= 0.3 is 12.4 Å². The third-order valence-electron chi connectivity index (χ3n) is 3.89. The van der Waals surface area contributed by atoms with Crippen LogP contribution >= 0.6 is 11.3 Å². The number of hydrogen-bond acceptors (Lipinski definition) is 3. The second-order valence-corrected chi connectivity index (χ2v) is 7.27. The SMILES string of the molecule is Cn1nc(C(F)(F)F)cc1-c1ccc(CC(=O)Nc2cccc(C(F)(F)F)c2)s1. The molecule has 0 aliphatic carbocycles. The van der Waals surface area contributed by atoms with Crippen LogP contribution in [0.4, 0.5) is 32.0 Å². The van der Waals surface area contributed by atoms with Gasteiger partial charge in [-0.3, -0.25) is 9.48 Å². The number of halogens is 6. The van der Waals surface area contributed by atoms with Gasteiger partial charge in [0.1, 0.15) is 0 Å². The van der Waals surface area contributed by atoms with Gasteiger partial charge in [0.05, 0.1) is 22.6 Å². The van der Waals surface area contributed by atoms with Gasteiger partial charge in [-0.15, -0.1) is 11.3 Å². The molecular formula is C18H13F6N3OS. The van der Waals surface area contributed by atoms with Gasteiger partial charge in [-0.25, -0.2) is 0 Å². The Morgan fingerprint density at radius 3 is 2.41 bits per heavy atom. The lowest BCUT2D eigenvalue weighted by molar-refractivity contribution is -0.141. The highest BCUT2D eigenvalue weighted by Crippen LogP contribution is 2.34. The third-order valence-corrected chi connectivity index (χ3v) is 5.00. The van der Waals surface area contributed by atoms with E-state index in [2.05, 4.69) is 10.4 Å². The monoisotopic (exact) mass is 433 g/mol. The molecule has 1 aromatic carbocycles. The van der Waals surface area contributed by atoms with Gasteiger partial charge in [-0.1, -0.05) is 6.07 Å². The van der Waals surface area contributed by atoms with Crippen molar-refractivity contribution in [2.45, 2.75) is 18.8 Å². The Labute approximate surface area is 164 Å². The summed E-state index contributed by atoms with van der Waals surface area (Å²) in [4.78, 5) is 13.2. The number of carbonyl (C=O) groups is 1. The normalized spacial score (nSPS) is 12.2. The number of hydrogen-bond donors (Lipinski definition) is 1. The smallest absolute Gasteiger partial charge is 0.326 e. The van der Waals surface area contributed by atoms with Crippen molar-refractivity contribution in [3.05, 3.63) is 58.6 Å². The number of alkyl halides is 6. The molecule has 0 aliphatic heterocycles. The number of nitrogens with zero attached hydrogens (tertiary/aromatic N) is 2. The van der Waals surface area contributed by atoms with Crippen LogP contribution < -0.4 is 5.32 Å². The van der Waals surface area contributed by atoms with Crippen molar-refractivity contribution >= 4 is 22.9 Å². The molecule has 4 nitrogen and oxygen atoms in total. The number of benzene rings is 1. The highest BCUT2D eigenvalue weighted by molar-refractivity contribution is 7.15. The molecule has 0 bridgehead atoms. The second-order valence-electron chi connectivity index (χ2n) is 6.11. The summed E-state index contributed by atoms with van der Waals surface area (Å²) in [5.41, 5.74) is -1.66. The topological polar surface area (TPSA) is 46.9 Å². The lowest BCUT2D eigenvalue weighted by atomic mass is 10.2. The Morgan fingerprint density at radius 2 is 1.79 bits per heavy atom. The van der Waals surface area contributed by atoms with Crippen molar-refractivity contribution in [2.75, 3.05) is 5.32 Å². The lowest BCUT2D eigenvalue weighted by Crippen LogP contribution is -2.14. The van der Waals surface area contributed by atoms with Gasteiger partial charge in [-0.05, 0) is 36.4 Å². The molecule has 0 aliphatic rings. The molecule has 154 valence electrons. The molecule has 0 saturated carbocycles. The number of aryl methyl sites for hydroxylation is 1. The van der Waals surface area contributed by atoms with Crippen LogP contribution in [0.2, 0.25) is 0 Å². The Morgan fingerprint density at radius 1 is 1.07 bits per heavy atom. The first-order valence-corrected chi connectivity index (χ1v) is 8.92. The van der Waals surface area contributed by atoms with E-state index in [0.29, 0.717) is 9.75 Å². The van der Waals surface area contributed by atoms with Gasteiger partial charge in [-0.2, -0.15) is 31.4 Å². The zero-order valence-electron chi connectivity index (χ0n) is 14.7. The predicted molar refractivity (Wildman–Crippen MR) is 95.3 cm³/mol. The largest absolute Gasteiger partial charge is 0.435 e. The molecule has 0 radical (unpaired) electrons. The number of thiophene rings is 1. The van der Waals surface area contributed by atoms with E-state index < -0.39 is 29.5 Å². The number of rotatable bonds is 4. The zero-order valence-corrected chi connectivity index (χ0v) is 15.5. The van der Waals surface area contributed by atoms with E-state index in [1.54, 1.807) is 12.1 Å². The number of carbonyl (C=O) groups excluding carboxylic acids is 1. The first kappa shape index (κ1) is 20.9. The minimum Gasteiger partial charge on any atom is -0.326 e. The highest BCUT2D eigenvalue weighted by Gasteiger charge is 2.35. The summed E-state index contributed by atoms with van der Waals surface area (Å²) >= 11 is 1.10. The minimum absolute atomic E-state index is 0.00283. The van der Waals surface area contributed by atoms with Gasteiger partial charge in [0, 0.05) is 17.6 Å². The van der Waals surface area contributed by atoms with E-state index >= 15 is 0 Å². The van der Waals surface area contributed by atoms with Crippen LogP contribution in [0.5, 0.6) is 0 Å². The van der Waals surface area contributed by atoms with Crippen LogP contribution in [0.25, 0.3) is 10.6 Å². The average Bonchev–Trinajstić information content (AvgIpc) is 3.20. The Balaban J connectivity index is 1.71. The standard InChI is InChI=1S/C18H13F6N3OS/c1-27-13(9-15(26-27)18(22,23)24)14-6-5-12(29-14)8-16(28)25-11-4-2-3-10(7-11)17(19,20)21/h2-7,9H,8H2,1H3,(H,25,28). The quantitative estimate of drug-likeness (QED) is 0.563. The summed E-state index contributed by atoms with van der Waals surface area (Å²) in [6.45, 7) is 0. The molecule has 11 heteroatoms. The van der Waals surface area contributed by atoms with Crippen LogP contribution in [0.1, 0.15) is 16.1 Å². The summed E-state index contributed by atoms with van der Waals surface area (Å²) in [5, 5.41) is 5.83. The summed E-state index contributed by atoms with van der Waals surface area (Å²) in [6.07, 6.45) is -9.23. The number of anilines is 1. The van der Waals surface area contributed by atoms with E-state index in [1.807, 2.05) is 0 Å². The molecule has 0 fully saturated rings. The molecule has 0 saturated heterocycles. The summed E-state index contributed by atoms with van der Waals surface area (Å²) in [6, 6.07) is 8.29. The molecular weight excluding hydrogens is 420 g/mol. The van der Waals surface area contributed by atoms with Crippen LogP contribution in [0.15, 0.2) is 42.5 Å². The Hall–Kier alpha value is -2.82. The molecule has 3 rings (SSSR count). The molecule has 1 N–H and O–H groups in total. The van der Waals surface area contributed by atoms with Gasteiger partial charge in [0.2, 0.25) is 5.91 Å². The van der Waals surface area contributed by atoms with Gasteiger partial charge in [0.25, 0.3) is 0 Å². The molecule has 3 aromatic rings. The first-order chi connectivity index (χ1) is 13.4. The van der Waals surface area contributed by atoms with E-state index in [9.17, 15) is 31.1 Å². The van der Waals surface area contributed by atoms with Crippen molar-refractivity contribution in [1.29, 1.82) is 0 Å². The molecule has 0 spiro atoms. The van der Waals surface area contributed by atoms with Crippen molar-refractivity contribution in [3.8, 4) is 10.6 Å². The maximum atomic E-state index is 12.8. The van der Waals surface area contributed by atoms with Crippen molar-refractivity contribution < 1.29 is 31.1 Å². The van der Waals surface area contributed by atoms with Crippen LogP contribution in [-0.2, 0) is 30.6 Å². The van der Waals surface area contributed by atoms with Crippen molar-refractivity contribution in [2.24, 2.45) is 7.05 Å². The zero-order chi connectivity index (χ0) is 21.4. The van der Waals surface area contributed by atoms with E-state index in [4.69, 9.17) is 0 Å². The van der Waals surface area contributed by atoms with Crippen LogP contribution in [0, 0.1) is 0 Å².